The molecular weight excluding hydrogens is 544 g/mol. The number of hydrogen-bond acceptors (Lipinski definition) is 11. The lowest BCUT2D eigenvalue weighted by atomic mass is 9.83. The standard InChI is InChI=1S/C26H22N4O9S/c1-3-38-25(32)20-19(15-7-11-17(12-8-15)30(36)37)21(26(33)39-4-2)24-28(22(20)27)23(31)18(40-24)13-14-5-9-16(10-6-14)29(34)35/h5-13,19H,3-4,27H2,1-2H3. The van der Waals surface area contributed by atoms with Gasteiger partial charge in [-0.2, -0.15) is 0 Å². The van der Waals surface area contributed by atoms with Gasteiger partial charge in [-0.3, -0.25) is 29.6 Å². The number of rotatable bonds is 8. The van der Waals surface area contributed by atoms with E-state index in [1.807, 2.05) is 0 Å². The fourth-order valence-corrected chi connectivity index (χ4v) is 5.39. The molecule has 206 valence electrons. The number of benzene rings is 2. The van der Waals surface area contributed by atoms with Crippen LogP contribution in [0, 0.1) is 20.2 Å². The van der Waals surface area contributed by atoms with Crippen LogP contribution in [0.15, 0.2) is 58.9 Å². The van der Waals surface area contributed by atoms with Crippen molar-refractivity contribution in [3.05, 3.63) is 105 Å². The van der Waals surface area contributed by atoms with Crippen molar-refractivity contribution in [2.24, 2.45) is 5.73 Å². The zero-order valence-electron chi connectivity index (χ0n) is 21.2. The summed E-state index contributed by atoms with van der Waals surface area (Å²) in [4.78, 5) is 61.2. The Morgan fingerprint density at radius 3 is 1.93 bits per heavy atom. The molecule has 0 spiro atoms. The van der Waals surface area contributed by atoms with Gasteiger partial charge in [-0.25, -0.2) is 9.59 Å². The zero-order valence-corrected chi connectivity index (χ0v) is 22.0. The molecule has 1 aliphatic rings. The van der Waals surface area contributed by atoms with E-state index in [1.165, 1.54) is 54.6 Å². The highest BCUT2D eigenvalue weighted by molar-refractivity contribution is 7.07. The van der Waals surface area contributed by atoms with Crippen LogP contribution in [0.1, 0.15) is 30.9 Å². The summed E-state index contributed by atoms with van der Waals surface area (Å²) in [6.07, 6.45) is 1.48. The topological polar surface area (TPSA) is 187 Å². The maximum Gasteiger partial charge on any atom is 0.338 e. The molecule has 1 atom stereocenters. The number of nitro benzene ring substituents is 2. The molecule has 4 rings (SSSR count). The number of non-ortho nitro benzene ring substituents is 2. The lowest BCUT2D eigenvalue weighted by Crippen LogP contribution is -2.42. The van der Waals surface area contributed by atoms with Crippen molar-refractivity contribution in [3.8, 4) is 0 Å². The summed E-state index contributed by atoms with van der Waals surface area (Å²) in [6, 6.07) is 10.7. The number of thiazole rings is 1. The summed E-state index contributed by atoms with van der Waals surface area (Å²) in [6.45, 7) is 3.13. The SMILES string of the molecule is CCOC(=O)C1=C(N)n2c(sc(=Cc3ccc([N+](=O)[O-])cc3)c2=O)=C(C(=O)OCC)C1c1ccc([N+](=O)[O-])cc1. The molecule has 0 aliphatic carbocycles. The van der Waals surface area contributed by atoms with Crippen LogP contribution < -0.4 is 20.5 Å². The van der Waals surface area contributed by atoms with Gasteiger partial charge in [0.2, 0.25) is 0 Å². The van der Waals surface area contributed by atoms with Crippen molar-refractivity contribution in [2.75, 3.05) is 13.2 Å². The number of hydrogen-bond donors (Lipinski definition) is 1. The molecule has 0 saturated heterocycles. The molecule has 3 aromatic rings. The van der Waals surface area contributed by atoms with Crippen LogP contribution >= 0.6 is 11.3 Å². The average molecular weight is 567 g/mol. The van der Waals surface area contributed by atoms with E-state index < -0.39 is 33.3 Å². The first-order valence-electron chi connectivity index (χ1n) is 11.9. The Balaban J connectivity index is 2.06. The van der Waals surface area contributed by atoms with E-state index in [9.17, 15) is 34.6 Å². The molecule has 2 aromatic carbocycles. The Hall–Kier alpha value is -5.11. The summed E-state index contributed by atoms with van der Waals surface area (Å²) in [5, 5.41) is 22.2. The molecule has 1 aliphatic heterocycles. The van der Waals surface area contributed by atoms with E-state index in [1.54, 1.807) is 13.8 Å². The molecule has 0 bridgehead atoms. The summed E-state index contributed by atoms with van der Waals surface area (Å²) in [5.41, 5.74) is 5.95. The monoisotopic (exact) mass is 566 g/mol. The van der Waals surface area contributed by atoms with Gasteiger partial charge in [0.15, 0.2) is 0 Å². The Morgan fingerprint density at radius 1 is 0.925 bits per heavy atom. The maximum atomic E-state index is 13.5. The number of ether oxygens (including phenoxy) is 2. The molecule has 40 heavy (non-hydrogen) atoms. The van der Waals surface area contributed by atoms with Crippen molar-refractivity contribution in [1.29, 1.82) is 0 Å². The van der Waals surface area contributed by atoms with Crippen molar-refractivity contribution in [1.82, 2.24) is 4.57 Å². The van der Waals surface area contributed by atoms with Gasteiger partial charge in [0.05, 0.1) is 44.7 Å². The van der Waals surface area contributed by atoms with Crippen molar-refractivity contribution in [3.63, 3.8) is 0 Å². The first-order chi connectivity index (χ1) is 19.1. The van der Waals surface area contributed by atoms with Crippen LogP contribution in [0.5, 0.6) is 0 Å². The molecule has 0 fully saturated rings. The summed E-state index contributed by atoms with van der Waals surface area (Å²) < 4.78 is 11.8. The number of aromatic nitrogens is 1. The van der Waals surface area contributed by atoms with Crippen LogP contribution in [0.25, 0.3) is 17.5 Å². The molecule has 0 amide bonds. The van der Waals surface area contributed by atoms with E-state index in [0.717, 1.165) is 15.9 Å². The Bertz CT molecular complexity index is 1740. The predicted molar refractivity (Wildman–Crippen MR) is 144 cm³/mol. The van der Waals surface area contributed by atoms with Crippen molar-refractivity contribution in [2.45, 2.75) is 19.8 Å². The Morgan fingerprint density at radius 2 is 1.43 bits per heavy atom. The van der Waals surface area contributed by atoms with Gasteiger partial charge >= 0.3 is 11.9 Å². The summed E-state index contributed by atoms with van der Waals surface area (Å²) in [7, 11) is 0. The summed E-state index contributed by atoms with van der Waals surface area (Å²) >= 11 is 0.916. The molecule has 0 saturated carbocycles. The van der Waals surface area contributed by atoms with Gasteiger partial charge < -0.3 is 15.2 Å². The van der Waals surface area contributed by atoms with Crippen LogP contribution in [-0.4, -0.2) is 39.6 Å². The van der Waals surface area contributed by atoms with E-state index in [2.05, 4.69) is 0 Å². The molecule has 1 unspecified atom stereocenters. The largest absolute Gasteiger partial charge is 0.463 e. The molecule has 0 radical (unpaired) electrons. The lowest BCUT2D eigenvalue weighted by Gasteiger charge is -2.27. The van der Waals surface area contributed by atoms with Crippen molar-refractivity contribution < 1.29 is 28.9 Å². The van der Waals surface area contributed by atoms with Gasteiger partial charge in [-0.15, -0.1) is 11.3 Å². The highest BCUT2D eigenvalue weighted by Gasteiger charge is 2.40. The van der Waals surface area contributed by atoms with Crippen LogP contribution in [0.2, 0.25) is 0 Å². The van der Waals surface area contributed by atoms with Crippen LogP contribution in [0.3, 0.4) is 0 Å². The first-order valence-corrected chi connectivity index (χ1v) is 12.7. The highest BCUT2D eigenvalue weighted by atomic mass is 32.1. The van der Waals surface area contributed by atoms with E-state index in [0.29, 0.717) is 11.1 Å². The second kappa shape index (κ2) is 11.3. The third-order valence-corrected chi connectivity index (χ3v) is 7.09. The number of carbonyl (C=O) groups excluding carboxylic acids is 2. The summed E-state index contributed by atoms with van der Waals surface area (Å²) in [5.74, 6) is -3.13. The van der Waals surface area contributed by atoms with Crippen molar-refractivity contribution >= 4 is 52.1 Å². The van der Waals surface area contributed by atoms with E-state index in [4.69, 9.17) is 15.2 Å². The first kappa shape index (κ1) is 27.9. The number of nitro groups is 2. The zero-order chi connectivity index (χ0) is 29.1. The number of nitrogens with two attached hydrogens (primary N) is 1. The number of fused-ring (bicyclic) bond motifs is 1. The second-order valence-corrected chi connectivity index (χ2v) is 9.37. The molecule has 2 N–H and O–H groups in total. The van der Waals surface area contributed by atoms with Gasteiger partial charge in [0, 0.05) is 24.3 Å². The molecular formula is C26H22N4O9S. The maximum absolute atomic E-state index is 13.5. The fourth-order valence-electron chi connectivity index (χ4n) is 4.23. The van der Waals surface area contributed by atoms with Gasteiger partial charge in [0.25, 0.3) is 16.9 Å². The minimum absolute atomic E-state index is 0.0133. The molecule has 13 nitrogen and oxygen atoms in total. The van der Waals surface area contributed by atoms with Gasteiger partial charge in [0.1, 0.15) is 10.5 Å². The Kier molecular flexibility index (Phi) is 7.90. The van der Waals surface area contributed by atoms with E-state index in [-0.39, 0.29) is 50.8 Å². The second-order valence-electron chi connectivity index (χ2n) is 8.34. The average Bonchev–Trinajstić information content (AvgIpc) is 3.24. The highest BCUT2D eigenvalue weighted by Crippen LogP contribution is 2.38. The Labute approximate surface area is 229 Å². The number of esters is 2. The predicted octanol–water partition coefficient (Wildman–Crippen LogP) is 1.76. The third kappa shape index (κ3) is 5.11. The normalized spacial score (nSPS) is 15.0. The minimum Gasteiger partial charge on any atom is -0.463 e. The molecule has 1 aromatic heterocycles. The van der Waals surface area contributed by atoms with E-state index >= 15 is 0 Å². The number of nitrogens with zero attached hydrogens (tertiary/aromatic N) is 3. The van der Waals surface area contributed by atoms with Crippen LogP contribution in [0.4, 0.5) is 11.4 Å². The van der Waals surface area contributed by atoms with Gasteiger partial charge in [-0.05, 0) is 43.2 Å². The lowest BCUT2D eigenvalue weighted by molar-refractivity contribution is -0.385. The molecule has 14 heteroatoms. The quantitative estimate of drug-likeness (QED) is 0.239. The fraction of sp³-hybridized carbons (Fsp3) is 0.192. The molecule has 2 heterocycles. The number of carbonyl (C=O) groups is 2. The van der Waals surface area contributed by atoms with Crippen LogP contribution in [-0.2, 0) is 19.1 Å². The third-order valence-electron chi connectivity index (χ3n) is 5.98. The smallest absolute Gasteiger partial charge is 0.338 e. The van der Waals surface area contributed by atoms with Gasteiger partial charge in [-0.1, -0.05) is 12.1 Å². The minimum atomic E-state index is -1.16.